The minimum atomic E-state index is -0.593. The molecule has 4 aromatic rings. The molecule has 31 heavy (non-hydrogen) atoms. The number of aromatic nitrogens is 2. The van der Waals surface area contributed by atoms with Crippen molar-refractivity contribution in [1.82, 2.24) is 9.66 Å². The van der Waals surface area contributed by atoms with E-state index in [1.54, 1.807) is 24.3 Å². The number of fused-ring (bicyclic) bond motifs is 1. The summed E-state index contributed by atoms with van der Waals surface area (Å²) in [6.07, 6.45) is 1.48. The van der Waals surface area contributed by atoms with Gasteiger partial charge in [-0.05, 0) is 81.1 Å². The van der Waals surface area contributed by atoms with Gasteiger partial charge in [0.2, 0.25) is 0 Å². The van der Waals surface area contributed by atoms with Crippen LogP contribution in [0.1, 0.15) is 11.1 Å². The lowest BCUT2D eigenvalue weighted by molar-refractivity contribution is 0.302. The number of hydrogen-bond donors (Lipinski definition) is 1. The van der Waals surface area contributed by atoms with E-state index in [0.29, 0.717) is 22.5 Å². The normalized spacial score (nSPS) is 11.3. The second-order valence-electron chi connectivity index (χ2n) is 6.53. The Bertz CT molecular complexity index is 1410. The maximum absolute atomic E-state index is 12.6. The van der Waals surface area contributed by atoms with Crippen molar-refractivity contribution in [3.05, 3.63) is 105 Å². The van der Waals surface area contributed by atoms with E-state index in [9.17, 15) is 9.59 Å². The number of nitrogens with one attached hydrogen (secondary N) is 1. The Labute approximate surface area is 209 Å². The second kappa shape index (κ2) is 9.53. The molecule has 0 saturated carbocycles. The molecule has 1 heterocycles. The zero-order valence-electron chi connectivity index (χ0n) is 15.8. The van der Waals surface area contributed by atoms with Crippen molar-refractivity contribution < 1.29 is 4.74 Å². The molecule has 0 unspecified atom stereocenters. The van der Waals surface area contributed by atoms with Crippen molar-refractivity contribution in [2.45, 2.75) is 6.61 Å². The third-order valence-corrected chi connectivity index (χ3v) is 6.43. The van der Waals surface area contributed by atoms with E-state index in [-0.39, 0.29) is 0 Å². The van der Waals surface area contributed by atoms with E-state index in [1.165, 1.54) is 6.21 Å². The van der Waals surface area contributed by atoms with E-state index >= 15 is 0 Å². The first-order valence-electron chi connectivity index (χ1n) is 9.08. The molecular weight excluding hydrogens is 644 g/mol. The number of nitrogens with zero attached hydrogens (tertiary/aromatic N) is 2. The summed E-state index contributed by atoms with van der Waals surface area (Å²) in [6, 6.07) is 18.1. The minimum Gasteiger partial charge on any atom is -0.487 e. The standard InChI is InChI=1S/C22H14ClI2N3O3/c23-16-7-3-1-5-14(16)12-31-20-17(24)9-13(10-18(20)25)11-26-28-21(29)15-6-2-4-8-19(15)27-22(28)30/h1-11H,12H2,(H,27,30). The molecule has 1 aromatic heterocycles. The van der Waals surface area contributed by atoms with Crippen molar-refractivity contribution in [3.63, 3.8) is 0 Å². The molecule has 0 aliphatic heterocycles. The first kappa shape index (κ1) is 22.0. The minimum absolute atomic E-state index is 0.348. The fourth-order valence-electron chi connectivity index (χ4n) is 2.94. The Balaban J connectivity index is 1.61. The highest BCUT2D eigenvalue weighted by Crippen LogP contribution is 2.30. The van der Waals surface area contributed by atoms with Gasteiger partial charge in [0.15, 0.2) is 0 Å². The molecule has 156 valence electrons. The first-order chi connectivity index (χ1) is 14.9. The summed E-state index contributed by atoms with van der Waals surface area (Å²) in [7, 11) is 0. The molecule has 0 radical (unpaired) electrons. The number of H-pyrrole nitrogens is 1. The van der Waals surface area contributed by atoms with Crippen LogP contribution in [0.4, 0.5) is 0 Å². The maximum atomic E-state index is 12.6. The van der Waals surface area contributed by atoms with Crippen molar-refractivity contribution in [3.8, 4) is 5.75 Å². The third-order valence-electron chi connectivity index (χ3n) is 4.46. The molecule has 9 heteroatoms. The number of benzene rings is 3. The topological polar surface area (TPSA) is 76.5 Å². The third kappa shape index (κ3) is 4.85. The summed E-state index contributed by atoms with van der Waals surface area (Å²) < 4.78 is 8.55. The van der Waals surface area contributed by atoms with Crippen LogP contribution in [0, 0.1) is 7.14 Å². The van der Waals surface area contributed by atoms with Crippen LogP contribution in [-0.4, -0.2) is 15.9 Å². The lowest BCUT2D eigenvalue weighted by Crippen LogP contribution is -2.32. The van der Waals surface area contributed by atoms with Crippen LogP contribution in [0.5, 0.6) is 5.75 Å². The molecule has 1 N–H and O–H groups in total. The number of ether oxygens (including phenoxy) is 1. The molecule has 0 amide bonds. The summed E-state index contributed by atoms with van der Waals surface area (Å²) in [5.74, 6) is 0.735. The van der Waals surface area contributed by atoms with Gasteiger partial charge >= 0.3 is 5.69 Å². The van der Waals surface area contributed by atoms with E-state index in [0.717, 1.165) is 28.7 Å². The van der Waals surface area contributed by atoms with Crippen molar-refractivity contribution in [1.29, 1.82) is 0 Å². The van der Waals surface area contributed by atoms with Crippen molar-refractivity contribution >= 4 is 73.9 Å². The predicted octanol–water partition coefficient (Wildman–Crippen LogP) is 5.01. The van der Waals surface area contributed by atoms with Gasteiger partial charge in [-0.15, -0.1) is 4.68 Å². The SMILES string of the molecule is O=c1[nH]c2ccccc2c(=O)n1N=Cc1cc(I)c(OCc2ccccc2Cl)c(I)c1. The number of aromatic amines is 1. The highest BCUT2D eigenvalue weighted by atomic mass is 127. The fourth-order valence-corrected chi connectivity index (χ4v) is 5.26. The predicted molar refractivity (Wildman–Crippen MR) is 139 cm³/mol. The largest absolute Gasteiger partial charge is 0.487 e. The monoisotopic (exact) mass is 657 g/mol. The van der Waals surface area contributed by atoms with Gasteiger partial charge in [-0.2, -0.15) is 5.10 Å². The van der Waals surface area contributed by atoms with Crippen molar-refractivity contribution in [2.75, 3.05) is 0 Å². The molecule has 4 rings (SSSR count). The van der Waals surface area contributed by atoms with Gasteiger partial charge in [-0.25, -0.2) is 4.79 Å². The smallest absolute Gasteiger partial charge is 0.349 e. The van der Waals surface area contributed by atoms with E-state index < -0.39 is 11.2 Å². The number of rotatable bonds is 5. The van der Waals surface area contributed by atoms with Crippen molar-refractivity contribution in [2.24, 2.45) is 5.10 Å². The van der Waals surface area contributed by atoms with Crippen LogP contribution in [-0.2, 0) is 6.61 Å². The number of para-hydroxylation sites is 1. The molecular formula is C22H14ClI2N3O3. The summed E-state index contributed by atoms with van der Waals surface area (Å²) in [5.41, 5.74) is 1.05. The molecule has 3 aromatic carbocycles. The van der Waals surface area contributed by atoms with Gasteiger partial charge in [0.05, 0.1) is 24.3 Å². The van der Waals surface area contributed by atoms with E-state index in [4.69, 9.17) is 16.3 Å². The molecule has 6 nitrogen and oxygen atoms in total. The van der Waals surface area contributed by atoms with Crippen LogP contribution in [0.25, 0.3) is 10.9 Å². The van der Waals surface area contributed by atoms with Crippen LogP contribution in [0.2, 0.25) is 5.02 Å². The zero-order chi connectivity index (χ0) is 22.0. The number of hydrogen-bond acceptors (Lipinski definition) is 4. The van der Waals surface area contributed by atoms with Gasteiger partial charge in [-0.3, -0.25) is 4.79 Å². The lowest BCUT2D eigenvalue weighted by Gasteiger charge is -2.12. The molecule has 0 saturated heterocycles. The van der Waals surface area contributed by atoms with Crippen LogP contribution in [0.3, 0.4) is 0 Å². The van der Waals surface area contributed by atoms with E-state index in [2.05, 4.69) is 55.3 Å². The Morgan fingerprint density at radius 1 is 1.03 bits per heavy atom. The summed E-state index contributed by atoms with van der Waals surface area (Å²) >= 11 is 10.6. The van der Waals surface area contributed by atoms with Gasteiger partial charge in [0.25, 0.3) is 5.56 Å². The van der Waals surface area contributed by atoms with Gasteiger partial charge in [-0.1, -0.05) is 41.9 Å². The summed E-state index contributed by atoms with van der Waals surface area (Å²) in [6.45, 7) is 0.348. The molecule has 0 atom stereocenters. The number of halogens is 3. The second-order valence-corrected chi connectivity index (χ2v) is 9.26. The maximum Gasteiger partial charge on any atom is 0.349 e. The molecule has 0 aliphatic rings. The Morgan fingerprint density at radius 2 is 1.71 bits per heavy atom. The average molecular weight is 658 g/mol. The highest BCUT2D eigenvalue weighted by Gasteiger charge is 2.11. The van der Waals surface area contributed by atoms with E-state index in [1.807, 2.05) is 36.4 Å². The Morgan fingerprint density at radius 3 is 2.45 bits per heavy atom. The quantitative estimate of drug-likeness (QED) is 0.242. The summed E-state index contributed by atoms with van der Waals surface area (Å²) in [4.78, 5) is 27.5. The first-order valence-corrected chi connectivity index (χ1v) is 11.6. The molecule has 0 bridgehead atoms. The molecule has 0 spiro atoms. The van der Waals surface area contributed by atoms with Gasteiger partial charge in [0.1, 0.15) is 12.4 Å². The Hall–Kier alpha value is -2.18. The van der Waals surface area contributed by atoms with Crippen LogP contribution >= 0.6 is 56.8 Å². The average Bonchev–Trinajstić information content (AvgIpc) is 2.74. The molecule has 0 aliphatic carbocycles. The Kier molecular flexibility index (Phi) is 6.77. The van der Waals surface area contributed by atoms with Crippen LogP contribution in [0.15, 0.2) is 75.4 Å². The van der Waals surface area contributed by atoms with Gasteiger partial charge in [0, 0.05) is 10.6 Å². The molecule has 0 fully saturated rings. The fraction of sp³-hybridized carbons (Fsp3) is 0.0455. The lowest BCUT2D eigenvalue weighted by atomic mass is 10.2. The highest BCUT2D eigenvalue weighted by molar-refractivity contribution is 14.1. The van der Waals surface area contributed by atoms with Gasteiger partial charge < -0.3 is 9.72 Å². The zero-order valence-corrected chi connectivity index (χ0v) is 20.9. The summed E-state index contributed by atoms with van der Waals surface area (Å²) in [5, 5.41) is 5.16. The van der Waals surface area contributed by atoms with Crippen LogP contribution < -0.4 is 16.0 Å².